The molecule has 0 radical (unpaired) electrons. The summed E-state index contributed by atoms with van der Waals surface area (Å²) in [6.07, 6.45) is 2.51. The predicted octanol–water partition coefficient (Wildman–Crippen LogP) is 3.85. The van der Waals surface area contributed by atoms with Crippen LogP contribution in [-0.2, 0) is 6.54 Å². The van der Waals surface area contributed by atoms with Crippen LogP contribution < -0.4 is 5.32 Å². The lowest BCUT2D eigenvalue weighted by Crippen LogP contribution is -2.45. The molecule has 1 N–H and O–H groups in total. The molecule has 2 rings (SSSR count). The molecule has 1 fully saturated rings. The minimum atomic E-state index is 0.667. The minimum Gasteiger partial charge on any atom is -0.309 e. The van der Waals surface area contributed by atoms with Gasteiger partial charge in [-0.3, -0.25) is 0 Å². The Kier molecular flexibility index (Phi) is 5.06. The van der Waals surface area contributed by atoms with Crippen molar-refractivity contribution >= 4 is 43.2 Å². The first-order chi connectivity index (χ1) is 8.06. The van der Waals surface area contributed by atoms with Crippen molar-refractivity contribution in [1.29, 1.82) is 0 Å². The fourth-order valence-electron chi connectivity index (χ4n) is 2.20. The monoisotopic (exact) mass is 380 g/mol. The molecule has 0 spiro atoms. The zero-order chi connectivity index (χ0) is 12.4. The predicted molar refractivity (Wildman–Crippen MR) is 81.7 cm³/mol. The molecule has 1 aliphatic rings. The van der Waals surface area contributed by atoms with Gasteiger partial charge in [0.15, 0.2) is 0 Å². The summed E-state index contributed by atoms with van der Waals surface area (Å²) in [5.74, 6) is 0. The molecule has 2 unspecified atom stereocenters. The quantitative estimate of drug-likeness (QED) is 0.855. The highest BCUT2D eigenvalue weighted by Gasteiger charge is 2.22. The molecule has 1 saturated heterocycles. The van der Waals surface area contributed by atoms with E-state index in [2.05, 4.69) is 62.1 Å². The zero-order valence-corrected chi connectivity index (χ0v) is 14.2. The van der Waals surface area contributed by atoms with Crippen molar-refractivity contribution in [3.8, 4) is 0 Å². The van der Waals surface area contributed by atoms with Gasteiger partial charge >= 0.3 is 0 Å². The Labute approximate surface area is 124 Å². The average molecular weight is 382 g/mol. The van der Waals surface area contributed by atoms with Gasteiger partial charge in [0, 0.05) is 28.0 Å². The first-order valence-electron chi connectivity index (χ1n) is 5.93. The molecule has 0 aliphatic carbocycles. The van der Waals surface area contributed by atoms with Crippen LogP contribution in [0.3, 0.4) is 0 Å². The summed E-state index contributed by atoms with van der Waals surface area (Å²) in [6.45, 7) is 4.50. The second kappa shape index (κ2) is 6.15. The van der Waals surface area contributed by atoms with Crippen LogP contribution in [0.1, 0.15) is 24.6 Å². The van der Waals surface area contributed by atoms with E-state index in [-0.39, 0.29) is 0 Å². The van der Waals surface area contributed by atoms with E-state index in [0.29, 0.717) is 12.1 Å². The molecule has 0 saturated carbocycles. The zero-order valence-electron chi connectivity index (χ0n) is 10.2. The molecule has 1 aromatic rings. The van der Waals surface area contributed by atoms with E-state index in [0.717, 1.165) is 11.0 Å². The number of halogens is 2. The highest BCUT2D eigenvalue weighted by molar-refractivity contribution is 9.13. The number of piperidine rings is 1. The van der Waals surface area contributed by atoms with E-state index in [4.69, 9.17) is 0 Å². The number of rotatable bonds is 3. The molecule has 2 atom stereocenters. The Morgan fingerprint density at radius 1 is 1.53 bits per heavy atom. The molecule has 0 bridgehead atoms. The van der Waals surface area contributed by atoms with Gasteiger partial charge in [0.1, 0.15) is 0 Å². The van der Waals surface area contributed by atoms with E-state index in [1.807, 2.05) is 0 Å². The molecule has 2 nitrogen and oxygen atoms in total. The Morgan fingerprint density at radius 3 is 2.88 bits per heavy atom. The summed E-state index contributed by atoms with van der Waals surface area (Å²) in [4.78, 5) is 3.83. The summed E-state index contributed by atoms with van der Waals surface area (Å²) < 4.78 is 2.35. The number of hydrogen-bond donors (Lipinski definition) is 1. The lowest BCUT2D eigenvalue weighted by Gasteiger charge is -2.35. The van der Waals surface area contributed by atoms with Gasteiger partial charge in [-0.1, -0.05) is 0 Å². The summed E-state index contributed by atoms with van der Waals surface area (Å²) >= 11 is 8.87. The van der Waals surface area contributed by atoms with Crippen LogP contribution in [0.4, 0.5) is 0 Å². The summed E-state index contributed by atoms with van der Waals surface area (Å²) in [7, 11) is 2.22. The second-order valence-corrected chi connectivity index (χ2v) is 8.08. The topological polar surface area (TPSA) is 15.3 Å². The smallest absolute Gasteiger partial charge is 0.0843 e. The van der Waals surface area contributed by atoms with Crippen LogP contribution >= 0.6 is 43.2 Å². The maximum Gasteiger partial charge on any atom is 0.0843 e. The summed E-state index contributed by atoms with van der Waals surface area (Å²) in [6, 6.07) is 3.56. The van der Waals surface area contributed by atoms with Gasteiger partial charge in [0.25, 0.3) is 0 Å². The van der Waals surface area contributed by atoms with E-state index in [1.165, 1.54) is 28.0 Å². The Hall–Kier alpha value is 0.580. The van der Waals surface area contributed by atoms with Crippen molar-refractivity contribution in [3.63, 3.8) is 0 Å². The van der Waals surface area contributed by atoms with Gasteiger partial charge in [-0.05, 0) is 71.3 Å². The van der Waals surface area contributed by atoms with E-state index in [1.54, 1.807) is 11.3 Å². The lowest BCUT2D eigenvalue weighted by atomic mass is 9.99. The molecule has 5 heteroatoms. The third-order valence-corrected chi connectivity index (χ3v) is 6.73. The van der Waals surface area contributed by atoms with Crippen molar-refractivity contribution in [1.82, 2.24) is 10.2 Å². The standard InChI is InChI=1S/C12H18Br2N2S/c1-8-5-9(3-4-16(8)2)15-7-10-6-11(13)12(14)17-10/h6,8-9,15H,3-5,7H2,1-2H3. The normalized spacial score (nSPS) is 26.4. The van der Waals surface area contributed by atoms with Crippen LogP contribution in [-0.4, -0.2) is 30.6 Å². The van der Waals surface area contributed by atoms with Gasteiger partial charge in [-0.2, -0.15) is 0 Å². The van der Waals surface area contributed by atoms with Crippen molar-refractivity contribution in [2.45, 2.75) is 38.4 Å². The van der Waals surface area contributed by atoms with Gasteiger partial charge in [-0.25, -0.2) is 0 Å². The number of hydrogen-bond acceptors (Lipinski definition) is 3. The SMILES string of the molecule is CC1CC(NCc2cc(Br)c(Br)s2)CCN1C. The third kappa shape index (κ3) is 3.77. The number of nitrogens with zero attached hydrogens (tertiary/aromatic N) is 1. The lowest BCUT2D eigenvalue weighted by molar-refractivity contribution is 0.168. The van der Waals surface area contributed by atoms with Gasteiger partial charge in [0.2, 0.25) is 0 Å². The molecule has 2 heterocycles. The van der Waals surface area contributed by atoms with Crippen molar-refractivity contribution in [3.05, 3.63) is 19.2 Å². The van der Waals surface area contributed by atoms with Crippen LogP contribution in [0.15, 0.2) is 14.3 Å². The maximum atomic E-state index is 3.67. The van der Waals surface area contributed by atoms with Crippen LogP contribution in [0, 0.1) is 0 Å². The van der Waals surface area contributed by atoms with Gasteiger partial charge in [-0.15, -0.1) is 11.3 Å². The van der Waals surface area contributed by atoms with Gasteiger partial charge in [0.05, 0.1) is 3.79 Å². The average Bonchev–Trinajstić information content (AvgIpc) is 2.60. The van der Waals surface area contributed by atoms with Gasteiger partial charge < -0.3 is 10.2 Å². The van der Waals surface area contributed by atoms with Crippen molar-refractivity contribution in [2.75, 3.05) is 13.6 Å². The first kappa shape index (κ1) is 14.0. The molecule has 17 heavy (non-hydrogen) atoms. The van der Waals surface area contributed by atoms with Crippen molar-refractivity contribution in [2.24, 2.45) is 0 Å². The van der Waals surface area contributed by atoms with Crippen LogP contribution in [0.25, 0.3) is 0 Å². The second-order valence-electron chi connectivity index (χ2n) is 4.77. The Balaban J connectivity index is 1.82. The third-order valence-electron chi connectivity index (χ3n) is 3.47. The van der Waals surface area contributed by atoms with Crippen molar-refractivity contribution < 1.29 is 0 Å². The fourth-order valence-corrected chi connectivity index (χ4v) is 4.33. The number of nitrogens with one attached hydrogen (secondary N) is 1. The maximum absolute atomic E-state index is 3.67. The van der Waals surface area contributed by atoms with Crippen LogP contribution in [0.5, 0.6) is 0 Å². The summed E-state index contributed by atoms with van der Waals surface area (Å²) in [5, 5.41) is 3.67. The first-order valence-corrected chi connectivity index (χ1v) is 8.34. The Bertz CT molecular complexity index is 361. The molecule has 1 aliphatic heterocycles. The van der Waals surface area contributed by atoms with E-state index >= 15 is 0 Å². The Morgan fingerprint density at radius 2 is 2.29 bits per heavy atom. The fraction of sp³-hybridized carbons (Fsp3) is 0.667. The minimum absolute atomic E-state index is 0.667. The highest BCUT2D eigenvalue weighted by atomic mass is 79.9. The number of thiophene rings is 1. The molecule has 1 aromatic heterocycles. The van der Waals surface area contributed by atoms with E-state index in [9.17, 15) is 0 Å². The molecular weight excluding hydrogens is 364 g/mol. The largest absolute Gasteiger partial charge is 0.309 e. The van der Waals surface area contributed by atoms with E-state index < -0.39 is 0 Å². The molecular formula is C12H18Br2N2S. The van der Waals surface area contributed by atoms with Crippen LogP contribution in [0.2, 0.25) is 0 Å². The molecule has 0 aromatic carbocycles. The molecule has 96 valence electrons. The highest BCUT2D eigenvalue weighted by Crippen LogP contribution is 2.32. The molecule has 0 amide bonds. The summed E-state index contributed by atoms with van der Waals surface area (Å²) in [5.41, 5.74) is 0. The number of likely N-dealkylation sites (tertiary alicyclic amines) is 1.